The highest BCUT2D eigenvalue weighted by molar-refractivity contribution is 5.79. The van der Waals surface area contributed by atoms with Crippen molar-refractivity contribution in [2.45, 2.75) is 33.0 Å². The number of guanidine groups is 1. The van der Waals surface area contributed by atoms with Crippen LogP contribution >= 0.6 is 0 Å². The molecule has 0 radical (unpaired) electrons. The summed E-state index contributed by atoms with van der Waals surface area (Å²) in [6.45, 7) is 6.51. The van der Waals surface area contributed by atoms with E-state index < -0.39 is 0 Å². The lowest BCUT2D eigenvalue weighted by Crippen LogP contribution is -2.41. The van der Waals surface area contributed by atoms with Gasteiger partial charge < -0.3 is 24.7 Å². The molecule has 0 aliphatic rings. The summed E-state index contributed by atoms with van der Waals surface area (Å²) in [7, 11) is 1.64. The summed E-state index contributed by atoms with van der Waals surface area (Å²) in [6, 6.07) is 20.9. The minimum atomic E-state index is -0.0540. The molecule has 0 bridgehead atoms. The largest absolute Gasteiger partial charge is 0.497 e. The Morgan fingerprint density at radius 2 is 1.76 bits per heavy atom. The Kier molecular flexibility index (Phi) is 8.94. The number of aromatic nitrogens is 1. The molecule has 1 aromatic heterocycles. The van der Waals surface area contributed by atoms with Gasteiger partial charge in [0.1, 0.15) is 17.6 Å². The average Bonchev–Trinajstić information content (AvgIpc) is 2.83. The van der Waals surface area contributed by atoms with Gasteiger partial charge in [0.15, 0.2) is 5.96 Å². The van der Waals surface area contributed by atoms with E-state index in [1.807, 2.05) is 68.4 Å². The van der Waals surface area contributed by atoms with Crippen molar-refractivity contribution in [2.75, 3.05) is 20.2 Å². The molecule has 7 nitrogen and oxygen atoms in total. The second-order valence-corrected chi connectivity index (χ2v) is 7.67. The van der Waals surface area contributed by atoms with Crippen molar-refractivity contribution in [1.29, 1.82) is 0 Å². The maximum absolute atomic E-state index is 11.9. The first kappa shape index (κ1) is 23.9. The number of nitrogens with one attached hydrogen (secondary N) is 2. The van der Waals surface area contributed by atoms with Gasteiger partial charge in [-0.05, 0) is 43.2 Å². The third-order valence-electron chi connectivity index (χ3n) is 4.97. The van der Waals surface area contributed by atoms with Crippen molar-refractivity contribution in [1.82, 2.24) is 15.2 Å². The summed E-state index contributed by atoms with van der Waals surface area (Å²) in [5.74, 6) is 2.27. The van der Waals surface area contributed by atoms with Crippen LogP contribution in [0.3, 0.4) is 0 Å². The van der Waals surface area contributed by atoms with Crippen molar-refractivity contribution in [3.8, 4) is 11.5 Å². The maximum atomic E-state index is 11.9. The zero-order valence-corrected chi connectivity index (χ0v) is 19.5. The first-order chi connectivity index (χ1) is 16.1. The van der Waals surface area contributed by atoms with Gasteiger partial charge in [0.25, 0.3) is 5.56 Å². The molecule has 0 saturated carbocycles. The van der Waals surface area contributed by atoms with E-state index in [9.17, 15) is 4.79 Å². The van der Waals surface area contributed by atoms with Crippen molar-refractivity contribution in [3.05, 3.63) is 94.4 Å². The molecule has 33 heavy (non-hydrogen) atoms. The van der Waals surface area contributed by atoms with Gasteiger partial charge in [-0.2, -0.15) is 0 Å². The lowest BCUT2D eigenvalue weighted by atomic mass is 10.1. The highest BCUT2D eigenvalue weighted by Gasteiger charge is 2.07. The predicted octanol–water partition coefficient (Wildman–Crippen LogP) is 3.43. The Hall–Kier alpha value is -3.74. The molecule has 1 unspecified atom stereocenters. The van der Waals surface area contributed by atoms with E-state index in [4.69, 9.17) is 9.47 Å². The zero-order chi connectivity index (χ0) is 23.5. The number of benzene rings is 2. The van der Waals surface area contributed by atoms with E-state index >= 15 is 0 Å². The van der Waals surface area contributed by atoms with Gasteiger partial charge in [0.05, 0.1) is 26.7 Å². The monoisotopic (exact) mass is 448 g/mol. The third-order valence-corrected chi connectivity index (χ3v) is 4.97. The summed E-state index contributed by atoms with van der Waals surface area (Å²) in [5, 5.41) is 6.60. The van der Waals surface area contributed by atoms with E-state index in [0.29, 0.717) is 19.6 Å². The van der Waals surface area contributed by atoms with Crippen LogP contribution < -0.4 is 25.7 Å². The molecule has 0 aliphatic heterocycles. The van der Waals surface area contributed by atoms with Gasteiger partial charge in [-0.25, -0.2) is 4.99 Å². The summed E-state index contributed by atoms with van der Waals surface area (Å²) in [5.41, 5.74) is 2.17. The quantitative estimate of drug-likeness (QED) is 0.367. The van der Waals surface area contributed by atoms with Crippen molar-refractivity contribution in [3.63, 3.8) is 0 Å². The van der Waals surface area contributed by atoms with E-state index in [1.54, 1.807) is 30.0 Å². The van der Waals surface area contributed by atoms with Crippen LogP contribution in [-0.2, 0) is 13.1 Å². The van der Waals surface area contributed by atoms with Crippen LogP contribution in [0.5, 0.6) is 11.5 Å². The molecule has 7 heteroatoms. The fraction of sp³-hybridized carbons (Fsp3) is 0.308. The number of hydrogen-bond donors (Lipinski definition) is 2. The first-order valence-electron chi connectivity index (χ1n) is 11.1. The average molecular weight is 449 g/mol. The molecule has 2 aromatic carbocycles. The molecule has 3 rings (SSSR count). The number of aliphatic imine (C=N–C) groups is 1. The second-order valence-electron chi connectivity index (χ2n) is 7.67. The minimum absolute atomic E-state index is 0.00265. The molecule has 0 spiro atoms. The van der Waals surface area contributed by atoms with Crippen LogP contribution in [0.2, 0.25) is 0 Å². The number of methoxy groups -OCH3 is 1. The predicted molar refractivity (Wildman–Crippen MR) is 132 cm³/mol. The van der Waals surface area contributed by atoms with E-state index in [-0.39, 0.29) is 11.7 Å². The van der Waals surface area contributed by atoms with E-state index in [0.717, 1.165) is 35.1 Å². The van der Waals surface area contributed by atoms with Crippen LogP contribution in [0.4, 0.5) is 0 Å². The number of hydrogen-bond acceptors (Lipinski definition) is 4. The molecule has 2 N–H and O–H groups in total. The van der Waals surface area contributed by atoms with Gasteiger partial charge in [-0.15, -0.1) is 0 Å². The fourth-order valence-corrected chi connectivity index (χ4v) is 3.24. The molecule has 1 heterocycles. The van der Waals surface area contributed by atoms with Crippen LogP contribution in [-0.4, -0.2) is 36.8 Å². The molecule has 0 amide bonds. The molecule has 3 aromatic rings. The van der Waals surface area contributed by atoms with Crippen LogP contribution in [0.1, 0.15) is 25.0 Å². The van der Waals surface area contributed by atoms with E-state index in [1.165, 1.54) is 0 Å². The summed E-state index contributed by atoms with van der Waals surface area (Å²) in [6.07, 6.45) is 1.75. The normalized spacial score (nSPS) is 12.2. The molecule has 1 atom stereocenters. The van der Waals surface area contributed by atoms with Gasteiger partial charge in [0.2, 0.25) is 0 Å². The Morgan fingerprint density at radius 3 is 2.48 bits per heavy atom. The van der Waals surface area contributed by atoms with Crippen molar-refractivity contribution in [2.24, 2.45) is 4.99 Å². The first-order valence-corrected chi connectivity index (χ1v) is 11.1. The topological polar surface area (TPSA) is 76.9 Å². The molecule has 0 aliphatic carbocycles. The lowest BCUT2D eigenvalue weighted by molar-refractivity contribution is 0.223. The third kappa shape index (κ3) is 7.71. The van der Waals surface area contributed by atoms with Crippen molar-refractivity contribution < 1.29 is 9.47 Å². The molecule has 0 fully saturated rings. The number of pyridine rings is 1. The second kappa shape index (κ2) is 12.3. The Balaban J connectivity index is 1.53. The number of rotatable bonds is 10. The van der Waals surface area contributed by atoms with E-state index in [2.05, 4.69) is 15.6 Å². The highest BCUT2D eigenvalue weighted by atomic mass is 16.5. The molecule has 0 saturated heterocycles. The maximum Gasteiger partial charge on any atom is 0.250 e. The smallest absolute Gasteiger partial charge is 0.250 e. The summed E-state index contributed by atoms with van der Waals surface area (Å²) >= 11 is 0. The Labute approximate surface area is 195 Å². The zero-order valence-electron chi connectivity index (χ0n) is 19.5. The van der Waals surface area contributed by atoms with Crippen LogP contribution in [0.15, 0.2) is 82.7 Å². The fourth-order valence-electron chi connectivity index (χ4n) is 3.24. The number of nitrogens with zero attached hydrogens (tertiary/aromatic N) is 2. The van der Waals surface area contributed by atoms with Gasteiger partial charge in [0, 0.05) is 24.9 Å². The highest BCUT2D eigenvalue weighted by Crippen LogP contribution is 2.19. The number of ether oxygens (including phenoxy) is 2. The van der Waals surface area contributed by atoms with Gasteiger partial charge in [-0.3, -0.25) is 4.79 Å². The minimum Gasteiger partial charge on any atom is -0.497 e. The standard InChI is InChI=1S/C26H32N4O3/c1-4-27-26(28-17-20(2)33-24-9-7-8-23(16-24)32-3)29-18-21-11-13-22(14-12-21)19-30-15-6-5-10-25(30)31/h5-16,20H,4,17-19H2,1-3H3,(H2,27,28,29). The van der Waals surface area contributed by atoms with Gasteiger partial charge in [-0.1, -0.05) is 36.4 Å². The summed E-state index contributed by atoms with van der Waals surface area (Å²) < 4.78 is 12.9. The van der Waals surface area contributed by atoms with Gasteiger partial charge >= 0.3 is 0 Å². The van der Waals surface area contributed by atoms with Crippen LogP contribution in [0, 0.1) is 0 Å². The Morgan fingerprint density at radius 1 is 1.00 bits per heavy atom. The van der Waals surface area contributed by atoms with Crippen molar-refractivity contribution >= 4 is 5.96 Å². The SMILES string of the molecule is CCNC(=NCc1ccc(Cn2ccccc2=O)cc1)NCC(C)Oc1cccc(OC)c1. The molecular formula is C26H32N4O3. The molecular weight excluding hydrogens is 416 g/mol. The lowest BCUT2D eigenvalue weighted by Gasteiger charge is -2.18. The molecule has 174 valence electrons. The Bertz CT molecular complexity index is 1090. The summed E-state index contributed by atoms with van der Waals surface area (Å²) in [4.78, 5) is 16.6. The van der Waals surface area contributed by atoms with Crippen LogP contribution in [0.25, 0.3) is 0 Å².